The van der Waals surface area contributed by atoms with Crippen molar-refractivity contribution >= 4 is 5.69 Å². The molecule has 2 N–H and O–H groups in total. The van der Waals surface area contributed by atoms with Crippen molar-refractivity contribution in [1.82, 2.24) is 4.90 Å². The molecule has 1 saturated heterocycles. The Morgan fingerprint density at radius 3 is 2.88 bits per heavy atom. The SMILES string of the molecule is CC(C)C1CCN(CCc2cccc(N)c2)C1. The van der Waals surface area contributed by atoms with Gasteiger partial charge in [-0.15, -0.1) is 0 Å². The Labute approximate surface area is 105 Å². The standard InChI is InChI=1S/C15H24N2/c1-12(2)14-7-9-17(11-14)8-6-13-4-3-5-15(16)10-13/h3-5,10,12,14H,6-9,11,16H2,1-2H3. The molecule has 2 rings (SSSR count). The molecule has 1 aliphatic heterocycles. The minimum Gasteiger partial charge on any atom is -0.399 e. The molecule has 1 fully saturated rings. The molecule has 17 heavy (non-hydrogen) atoms. The van der Waals surface area contributed by atoms with Gasteiger partial charge < -0.3 is 10.6 Å². The maximum Gasteiger partial charge on any atom is 0.0316 e. The quantitative estimate of drug-likeness (QED) is 0.809. The highest BCUT2D eigenvalue weighted by atomic mass is 15.1. The molecule has 1 aliphatic rings. The Balaban J connectivity index is 1.80. The lowest BCUT2D eigenvalue weighted by Crippen LogP contribution is -2.24. The first-order valence-corrected chi connectivity index (χ1v) is 6.72. The fourth-order valence-corrected chi connectivity index (χ4v) is 2.65. The number of hydrogen-bond acceptors (Lipinski definition) is 2. The highest BCUT2D eigenvalue weighted by Crippen LogP contribution is 2.23. The van der Waals surface area contributed by atoms with Crippen LogP contribution in [0.3, 0.4) is 0 Å². The van der Waals surface area contributed by atoms with E-state index in [2.05, 4.69) is 30.9 Å². The molecule has 0 spiro atoms. The normalized spacial score (nSPS) is 21.2. The Morgan fingerprint density at radius 2 is 2.24 bits per heavy atom. The molecule has 0 amide bonds. The second-order valence-corrected chi connectivity index (χ2v) is 5.59. The first-order valence-electron chi connectivity index (χ1n) is 6.72. The summed E-state index contributed by atoms with van der Waals surface area (Å²) in [6, 6.07) is 8.27. The van der Waals surface area contributed by atoms with Gasteiger partial charge in [-0.05, 0) is 48.9 Å². The van der Waals surface area contributed by atoms with Crippen LogP contribution in [0.2, 0.25) is 0 Å². The van der Waals surface area contributed by atoms with Gasteiger partial charge in [-0.2, -0.15) is 0 Å². The van der Waals surface area contributed by atoms with Crippen molar-refractivity contribution < 1.29 is 0 Å². The summed E-state index contributed by atoms with van der Waals surface area (Å²) in [5, 5.41) is 0. The van der Waals surface area contributed by atoms with E-state index in [9.17, 15) is 0 Å². The molecule has 0 aliphatic carbocycles. The molecule has 2 nitrogen and oxygen atoms in total. The zero-order valence-electron chi connectivity index (χ0n) is 11.0. The molecular formula is C15H24N2. The maximum atomic E-state index is 5.79. The van der Waals surface area contributed by atoms with Gasteiger partial charge in [0.1, 0.15) is 0 Å². The van der Waals surface area contributed by atoms with Gasteiger partial charge >= 0.3 is 0 Å². The summed E-state index contributed by atoms with van der Waals surface area (Å²) in [6.45, 7) is 8.40. The molecule has 0 bridgehead atoms. The van der Waals surface area contributed by atoms with E-state index < -0.39 is 0 Å². The van der Waals surface area contributed by atoms with Crippen LogP contribution in [0.25, 0.3) is 0 Å². The van der Waals surface area contributed by atoms with Gasteiger partial charge in [-0.25, -0.2) is 0 Å². The van der Waals surface area contributed by atoms with Gasteiger partial charge in [0, 0.05) is 18.8 Å². The molecule has 0 aromatic heterocycles. The zero-order chi connectivity index (χ0) is 12.3. The average molecular weight is 232 g/mol. The summed E-state index contributed by atoms with van der Waals surface area (Å²) in [5.74, 6) is 1.73. The predicted molar refractivity (Wildman–Crippen MR) is 73.9 cm³/mol. The number of rotatable bonds is 4. The van der Waals surface area contributed by atoms with E-state index >= 15 is 0 Å². The first kappa shape index (κ1) is 12.4. The molecule has 1 atom stereocenters. The Bertz CT molecular complexity index is 360. The van der Waals surface area contributed by atoms with E-state index in [-0.39, 0.29) is 0 Å². The van der Waals surface area contributed by atoms with E-state index in [1.54, 1.807) is 0 Å². The van der Waals surface area contributed by atoms with Crippen LogP contribution < -0.4 is 5.73 Å². The number of nitrogen functional groups attached to an aromatic ring is 1. The van der Waals surface area contributed by atoms with Gasteiger partial charge in [0.2, 0.25) is 0 Å². The largest absolute Gasteiger partial charge is 0.399 e. The van der Waals surface area contributed by atoms with Crippen molar-refractivity contribution in [3.63, 3.8) is 0 Å². The molecule has 94 valence electrons. The van der Waals surface area contributed by atoms with Crippen LogP contribution in [-0.2, 0) is 6.42 Å². The van der Waals surface area contributed by atoms with Crippen LogP contribution in [0, 0.1) is 11.8 Å². The van der Waals surface area contributed by atoms with Crippen molar-refractivity contribution in [2.75, 3.05) is 25.4 Å². The number of hydrogen-bond donors (Lipinski definition) is 1. The van der Waals surface area contributed by atoms with Gasteiger partial charge in [-0.1, -0.05) is 26.0 Å². The maximum absolute atomic E-state index is 5.79. The smallest absolute Gasteiger partial charge is 0.0316 e. The van der Waals surface area contributed by atoms with E-state index in [0.717, 1.165) is 23.9 Å². The Morgan fingerprint density at radius 1 is 1.41 bits per heavy atom. The van der Waals surface area contributed by atoms with Gasteiger partial charge in [0.15, 0.2) is 0 Å². The summed E-state index contributed by atoms with van der Waals surface area (Å²) < 4.78 is 0. The van der Waals surface area contributed by atoms with Gasteiger partial charge in [0.05, 0.1) is 0 Å². The average Bonchev–Trinajstić information content (AvgIpc) is 2.75. The van der Waals surface area contributed by atoms with Crippen LogP contribution in [0.5, 0.6) is 0 Å². The molecule has 1 aromatic rings. The molecule has 2 heteroatoms. The van der Waals surface area contributed by atoms with Crippen molar-refractivity contribution in [2.24, 2.45) is 11.8 Å². The first-order chi connectivity index (χ1) is 8.15. The topological polar surface area (TPSA) is 29.3 Å². The summed E-state index contributed by atoms with van der Waals surface area (Å²) in [6.07, 6.45) is 2.49. The minimum atomic E-state index is 0.826. The summed E-state index contributed by atoms with van der Waals surface area (Å²) in [7, 11) is 0. The predicted octanol–water partition coefficient (Wildman–Crippen LogP) is 2.79. The highest BCUT2D eigenvalue weighted by Gasteiger charge is 2.24. The van der Waals surface area contributed by atoms with Crippen LogP contribution in [-0.4, -0.2) is 24.5 Å². The number of nitrogens with two attached hydrogens (primary N) is 1. The highest BCUT2D eigenvalue weighted by molar-refractivity contribution is 5.40. The fraction of sp³-hybridized carbons (Fsp3) is 0.600. The molecule has 0 saturated carbocycles. The zero-order valence-corrected chi connectivity index (χ0v) is 11.0. The second kappa shape index (κ2) is 5.54. The lowest BCUT2D eigenvalue weighted by atomic mass is 9.95. The van der Waals surface area contributed by atoms with Crippen molar-refractivity contribution in [3.05, 3.63) is 29.8 Å². The molecular weight excluding hydrogens is 208 g/mol. The molecule has 1 heterocycles. The Kier molecular flexibility index (Phi) is 4.06. The monoisotopic (exact) mass is 232 g/mol. The lowest BCUT2D eigenvalue weighted by Gasteiger charge is -2.17. The third kappa shape index (κ3) is 3.47. The number of anilines is 1. The fourth-order valence-electron chi connectivity index (χ4n) is 2.65. The van der Waals surface area contributed by atoms with E-state index in [0.29, 0.717) is 0 Å². The van der Waals surface area contributed by atoms with E-state index in [4.69, 9.17) is 5.73 Å². The number of likely N-dealkylation sites (tertiary alicyclic amines) is 1. The van der Waals surface area contributed by atoms with E-state index in [1.165, 1.54) is 31.6 Å². The third-order valence-electron chi connectivity index (χ3n) is 3.92. The van der Waals surface area contributed by atoms with Crippen molar-refractivity contribution in [2.45, 2.75) is 26.7 Å². The van der Waals surface area contributed by atoms with Crippen LogP contribution in [0.15, 0.2) is 24.3 Å². The molecule has 1 unspecified atom stereocenters. The summed E-state index contributed by atoms with van der Waals surface area (Å²) >= 11 is 0. The van der Waals surface area contributed by atoms with Crippen LogP contribution in [0.4, 0.5) is 5.69 Å². The molecule has 0 radical (unpaired) electrons. The molecule has 1 aromatic carbocycles. The van der Waals surface area contributed by atoms with Crippen LogP contribution >= 0.6 is 0 Å². The van der Waals surface area contributed by atoms with Gasteiger partial charge in [0.25, 0.3) is 0 Å². The lowest BCUT2D eigenvalue weighted by molar-refractivity contribution is 0.306. The number of benzene rings is 1. The second-order valence-electron chi connectivity index (χ2n) is 5.59. The Hall–Kier alpha value is -1.02. The number of nitrogens with zero attached hydrogens (tertiary/aromatic N) is 1. The van der Waals surface area contributed by atoms with E-state index in [1.807, 2.05) is 12.1 Å². The van der Waals surface area contributed by atoms with Crippen molar-refractivity contribution in [1.29, 1.82) is 0 Å². The summed E-state index contributed by atoms with van der Waals surface area (Å²) in [4.78, 5) is 2.59. The third-order valence-corrected chi connectivity index (χ3v) is 3.92. The summed E-state index contributed by atoms with van der Waals surface area (Å²) in [5.41, 5.74) is 8.03. The van der Waals surface area contributed by atoms with Gasteiger partial charge in [-0.3, -0.25) is 0 Å². The minimum absolute atomic E-state index is 0.826. The van der Waals surface area contributed by atoms with Crippen LogP contribution in [0.1, 0.15) is 25.8 Å². The van der Waals surface area contributed by atoms with Crippen molar-refractivity contribution in [3.8, 4) is 0 Å².